The van der Waals surface area contributed by atoms with Crippen molar-refractivity contribution in [2.45, 2.75) is 20.0 Å². The lowest BCUT2D eigenvalue weighted by Gasteiger charge is -2.26. The van der Waals surface area contributed by atoms with Crippen molar-refractivity contribution in [3.05, 3.63) is 83.9 Å². The molecule has 3 aromatic rings. The Morgan fingerprint density at radius 2 is 1.19 bits per heavy atom. The van der Waals surface area contributed by atoms with Crippen LogP contribution >= 0.6 is 12.2 Å². The van der Waals surface area contributed by atoms with Crippen LogP contribution in [0.15, 0.2) is 72.8 Å². The topological polar surface area (TPSA) is 43.0 Å². The first-order valence-electron chi connectivity index (χ1n) is 10.2. The van der Waals surface area contributed by atoms with Crippen LogP contribution in [0.1, 0.15) is 18.1 Å². The second-order valence-electron chi connectivity index (χ2n) is 6.94. The van der Waals surface area contributed by atoms with Gasteiger partial charge in [-0.1, -0.05) is 24.3 Å². The maximum Gasteiger partial charge on any atom is 0.174 e. The number of anilines is 1. The maximum absolute atomic E-state index is 5.77. The minimum Gasteiger partial charge on any atom is -0.497 e. The summed E-state index contributed by atoms with van der Waals surface area (Å²) in [6.07, 6.45) is 0. The Bertz CT molecular complexity index is 908. The van der Waals surface area contributed by atoms with Gasteiger partial charge in [-0.05, 0) is 78.8 Å². The molecule has 0 unspecified atom stereocenters. The SMILES string of the molecule is CCOc1ccc(NC(=S)N(Cc2ccc(OC)cc2)Cc2ccc(OC)cc2)cc1. The van der Waals surface area contributed by atoms with Gasteiger partial charge in [0.2, 0.25) is 0 Å². The Labute approximate surface area is 189 Å². The minimum atomic E-state index is 0.642. The van der Waals surface area contributed by atoms with Crippen molar-refractivity contribution in [1.82, 2.24) is 4.90 Å². The summed E-state index contributed by atoms with van der Waals surface area (Å²) in [5.41, 5.74) is 3.21. The zero-order chi connectivity index (χ0) is 22.1. The zero-order valence-corrected chi connectivity index (χ0v) is 18.9. The van der Waals surface area contributed by atoms with Gasteiger partial charge in [0, 0.05) is 18.8 Å². The van der Waals surface area contributed by atoms with E-state index in [-0.39, 0.29) is 0 Å². The number of hydrogen-bond donors (Lipinski definition) is 1. The van der Waals surface area contributed by atoms with E-state index in [2.05, 4.69) is 34.5 Å². The molecular formula is C25H28N2O3S. The van der Waals surface area contributed by atoms with Gasteiger partial charge in [-0.15, -0.1) is 0 Å². The van der Waals surface area contributed by atoms with Crippen LogP contribution in [0.2, 0.25) is 0 Å². The number of ether oxygens (including phenoxy) is 3. The van der Waals surface area contributed by atoms with E-state index in [9.17, 15) is 0 Å². The van der Waals surface area contributed by atoms with Gasteiger partial charge in [-0.25, -0.2) is 0 Å². The van der Waals surface area contributed by atoms with E-state index in [1.807, 2.05) is 55.5 Å². The Morgan fingerprint density at radius 1 is 0.742 bits per heavy atom. The average Bonchev–Trinajstić information content (AvgIpc) is 2.81. The van der Waals surface area contributed by atoms with E-state index >= 15 is 0 Å². The smallest absolute Gasteiger partial charge is 0.174 e. The third-order valence-corrected chi connectivity index (χ3v) is 5.13. The summed E-state index contributed by atoms with van der Waals surface area (Å²) in [6, 6.07) is 23.9. The van der Waals surface area contributed by atoms with E-state index in [1.54, 1.807) is 14.2 Å². The summed E-state index contributed by atoms with van der Waals surface area (Å²) in [5, 5.41) is 4.00. The maximum atomic E-state index is 5.77. The van der Waals surface area contributed by atoms with Crippen LogP contribution < -0.4 is 19.5 Å². The van der Waals surface area contributed by atoms with Crippen molar-refractivity contribution in [1.29, 1.82) is 0 Å². The van der Waals surface area contributed by atoms with E-state index in [0.717, 1.165) is 34.1 Å². The summed E-state index contributed by atoms with van der Waals surface area (Å²) in [5.74, 6) is 2.51. The average molecular weight is 437 g/mol. The summed E-state index contributed by atoms with van der Waals surface area (Å²) in [4.78, 5) is 2.13. The lowest BCUT2D eigenvalue weighted by atomic mass is 10.1. The molecule has 3 rings (SSSR count). The van der Waals surface area contributed by atoms with E-state index in [4.69, 9.17) is 26.4 Å². The Morgan fingerprint density at radius 3 is 1.61 bits per heavy atom. The van der Waals surface area contributed by atoms with Crippen molar-refractivity contribution in [2.24, 2.45) is 0 Å². The predicted octanol–water partition coefficient (Wildman–Crippen LogP) is 5.50. The molecule has 31 heavy (non-hydrogen) atoms. The molecule has 162 valence electrons. The quantitative estimate of drug-likeness (QED) is 0.447. The third-order valence-electron chi connectivity index (χ3n) is 4.77. The highest BCUT2D eigenvalue weighted by molar-refractivity contribution is 7.80. The van der Waals surface area contributed by atoms with Crippen LogP contribution in [-0.2, 0) is 13.1 Å². The van der Waals surface area contributed by atoms with Crippen LogP contribution in [0.3, 0.4) is 0 Å². The second-order valence-corrected chi connectivity index (χ2v) is 7.33. The number of hydrogen-bond acceptors (Lipinski definition) is 4. The summed E-state index contributed by atoms with van der Waals surface area (Å²) in [7, 11) is 3.34. The predicted molar refractivity (Wildman–Crippen MR) is 129 cm³/mol. The first kappa shape index (κ1) is 22.4. The van der Waals surface area contributed by atoms with Crippen LogP contribution in [0.5, 0.6) is 17.2 Å². The normalized spacial score (nSPS) is 10.3. The number of nitrogens with one attached hydrogen (secondary N) is 1. The fraction of sp³-hybridized carbons (Fsp3) is 0.240. The zero-order valence-electron chi connectivity index (χ0n) is 18.1. The fourth-order valence-corrected chi connectivity index (χ4v) is 3.35. The number of rotatable bonds is 9. The Hall–Kier alpha value is -3.25. The van der Waals surface area contributed by atoms with E-state index in [1.165, 1.54) is 0 Å². The lowest BCUT2D eigenvalue weighted by molar-refractivity contribution is 0.340. The summed E-state index contributed by atoms with van der Waals surface area (Å²) in [6.45, 7) is 3.94. The molecule has 0 fully saturated rings. The Kier molecular flexibility index (Phi) is 8.12. The number of nitrogens with zero attached hydrogens (tertiary/aromatic N) is 1. The van der Waals surface area contributed by atoms with Crippen LogP contribution in [0, 0.1) is 0 Å². The molecule has 3 aromatic carbocycles. The molecule has 0 aliphatic rings. The largest absolute Gasteiger partial charge is 0.497 e. The molecule has 0 radical (unpaired) electrons. The molecule has 0 amide bonds. The molecule has 0 saturated heterocycles. The van der Waals surface area contributed by atoms with E-state index in [0.29, 0.717) is 24.8 Å². The van der Waals surface area contributed by atoms with E-state index < -0.39 is 0 Å². The summed E-state index contributed by atoms with van der Waals surface area (Å²) < 4.78 is 16.1. The second kappa shape index (κ2) is 11.2. The molecule has 0 aromatic heterocycles. The monoisotopic (exact) mass is 436 g/mol. The highest BCUT2D eigenvalue weighted by Gasteiger charge is 2.12. The molecule has 0 atom stereocenters. The van der Waals surface area contributed by atoms with Gasteiger partial charge in [0.05, 0.1) is 20.8 Å². The van der Waals surface area contributed by atoms with Crippen LogP contribution in [-0.4, -0.2) is 30.8 Å². The van der Waals surface area contributed by atoms with Gasteiger partial charge in [0.1, 0.15) is 17.2 Å². The van der Waals surface area contributed by atoms with Crippen LogP contribution in [0.25, 0.3) is 0 Å². The number of methoxy groups -OCH3 is 2. The minimum absolute atomic E-state index is 0.642. The van der Waals surface area contributed by atoms with Crippen molar-refractivity contribution >= 4 is 23.0 Å². The van der Waals surface area contributed by atoms with Crippen molar-refractivity contribution < 1.29 is 14.2 Å². The van der Waals surface area contributed by atoms with Gasteiger partial charge in [0.15, 0.2) is 5.11 Å². The molecule has 1 N–H and O–H groups in total. The van der Waals surface area contributed by atoms with Gasteiger partial charge in [-0.3, -0.25) is 0 Å². The molecular weight excluding hydrogens is 408 g/mol. The highest BCUT2D eigenvalue weighted by atomic mass is 32.1. The van der Waals surface area contributed by atoms with Gasteiger partial charge in [0.25, 0.3) is 0 Å². The number of benzene rings is 3. The molecule has 0 saturated carbocycles. The molecule has 0 spiro atoms. The van der Waals surface area contributed by atoms with Crippen molar-refractivity contribution in [2.75, 3.05) is 26.1 Å². The fourth-order valence-electron chi connectivity index (χ4n) is 3.11. The first-order chi connectivity index (χ1) is 15.1. The van der Waals surface area contributed by atoms with Gasteiger partial charge < -0.3 is 24.4 Å². The van der Waals surface area contributed by atoms with Crippen LogP contribution in [0.4, 0.5) is 5.69 Å². The molecule has 6 heteroatoms. The number of thiocarbonyl (C=S) groups is 1. The molecule has 5 nitrogen and oxygen atoms in total. The summed E-state index contributed by atoms with van der Waals surface area (Å²) >= 11 is 5.77. The highest BCUT2D eigenvalue weighted by Crippen LogP contribution is 2.20. The van der Waals surface area contributed by atoms with Crippen molar-refractivity contribution in [3.63, 3.8) is 0 Å². The van der Waals surface area contributed by atoms with Gasteiger partial charge in [-0.2, -0.15) is 0 Å². The third kappa shape index (κ3) is 6.62. The molecule has 0 aliphatic carbocycles. The molecule has 0 heterocycles. The molecule has 0 aliphatic heterocycles. The Balaban J connectivity index is 1.75. The van der Waals surface area contributed by atoms with Gasteiger partial charge >= 0.3 is 0 Å². The first-order valence-corrected chi connectivity index (χ1v) is 10.6. The standard InChI is InChI=1S/C25H28N2O3S/c1-4-30-24-15-9-21(10-16-24)26-25(31)27(17-19-5-11-22(28-2)12-6-19)18-20-7-13-23(29-3)14-8-20/h5-16H,4,17-18H2,1-3H3,(H,26,31). The lowest BCUT2D eigenvalue weighted by Crippen LogP contribution is -2.33. The molecule has 0 bridgehead atoms. The van der Waals surface area contributed by atoms with Crippen molar-refractivity contribution in [3.8, 4) is 17.2 Å².